The zero-order chi connectivity index (χ0) is 16.7. The minimum atomic E-state index is -3.35. The van der Waals surface area contributed by atoms with Gasteiger partial charge in [0.2, 0.25) is 10.0 Å². The van der Waals surface area contributed by atoms with E-state index in [0.717, 1.165) is 18.5 Å². The highest BCUT2D eigenvalue weighted by molar-refractivity contribution is 7.92. The lowest BCUT2D eigenvalue weighted by atomic mass is 10.1. The van der Waals surface area contributed by atoms with Crippen LogP contribution in [-0.2, 0) is 16.4 Å². The van der Waals surface area contributed by atoms with Crippen LogP contribution in [0.15, 0.2) is 36.4 Å². The first-order valence-electron chi connectivity index (χ1n) is 7.72. The molecule has 1 aromatic heterocycles. The van der Waals surface area contributed by atoms with E-state index in [1.54, 1.807) is 12.1 Å². The van der Waals surface area contributed by atoms with Gasteiger partial charge in [0.05, 0.1) is 5.75 Å². The van der Waals surface area contributed by atoms with Gasteiger partial charge in [0.15, 0.2) is 11.6 Å². The second-order valence-electron chi connectivity index (χ2n) is 5.25. The molecule has 2 N–H and O–H groups in total. The molecule has 0 aliphatic carbocycles. The quantitative estimate of drug-likeness (QED) is 0.773. The Labute approximate surface area is 137 Å². The first-order valence-corrected chi connectivity index (χ1v) is 9.38. The van der Waals surface area contributed by atoms with Gasteiger partial charge in [-0.25, -0.2) is 8.42 Å². The standard InChI is InChI=1S/C16H22N4O2S/c1-3-5-12-23(21,22)20-16-11-10-15(18-19-16)17-14-8-6-13(4-2)7-9-14/h6-11H,3-5,12H2,1-2H3,(H,17,18)(H,19,20). The summed E-state index contributed by atoms with van der Waals surface area (Å²) in [6, 6.07) is 11.3. The van der Waals surface area contributed by atoms with Crippen LogP contribution in [0.1, 0.15) is 32.3 Å². The van der Waals surface area contributed by atoms with Crippen LogP contribution in [0.2, 0.25) is 0 Å². The maximum Gasteiger partial charge on any atom is 0.233 e. The number of hydrogen-bond acceptors (Lipinski definition) is 5. The molecule has 0 fully saturated rings. The van der Waals surface area contributed by atoms with Crippen LogP contribution >= 0.6 is 0 Å². The fourth-order valence-electron chi connectivity index (χ4n) is 1.97. The van der Waals surface area contributed by atoms with Crippen molar-refractivity contribution in [3.8, 4) is 0 Å². The summed E-state index contributed by atoms with van der Waals surface area (Å²) in [5.74, 6) is 0.883. The summed E-state index contributed by atoms with van der Waals surface area (Å²) in [7, 11) is -3.35. The van der Waals surface area contributed by atoms with Gasteiger partial charge >= 0.3 is 0 Å². The number of nitrogens with one attached hydrogen (secondary N) is 2. The molecule has 1 heterocycles. The van der Waals surface area contributed by atoms with Gasteiger partial charge in [-0.15, -0.1) is 10.2 Å². The van der Waals surface area contributed by atoms with Crippen molar-refractivity contribution < 1.29 is 8.42 Å². The molecule has 0 saturated heterocycles. The Kier molecular flexibility index (Phi) is 5.92. The van der Waals surface area contributed by atoms with Gasteiger partial charge in [-0.1, -0.05) is 32.4 Å². The number of rotatable bonds is 8. The molecular weight excluding hydrogens is 312 g/mol. The van der Waals surface area contributed by atoms with E-state index in [-0.39, 0.29) is 11.6 Å². The lowest BCUT2D eigenvalue weighted by Crippen LogP contribution is -2.17. The summed E-state index contributed by atoms with van der Waals surface area (Å²) in [5.41, 5.74) is 2.17. The fourth-order valence-corrected chi connectivity index (χ4v) is 3.17. The number of unbranched alkanes of at least 4 members (excludes halogenated alkanes) is 1. The second kappa shape index (κ2) is 7.92. The summed E-state index contributed by atoms with van der Waals surface area (Å²) < 4.78 is 26.0. The van der Waals surface area contributed by atoms with Crippen LogP contribution in [0.4, 0.5) is 17.3 Å². The molecule has 0 spiro atoms. The van der Waals surface area contributed by atoms with Crippen molar-refractivity contribution in [2.75, 3.05) is 15.8 Å². The Hall–Kier alpha value is -2.15. The predicted octanol–water partition coefficient (Wildman–Crippen LogP) is 3.32. The maximum absolute atomic E-state index is 11.8. The highest BCUT2D eigenvalue weighted by Crippen LogP contribution is 2.16. The minimum Gasteiger partial charge on any atom is -0.339 e. The number of benzene rings is 1. The van der Waals surface area contributed by atoms with Gasteiger partial charge < -0.3 is 5.32 Å². The average molecular weight is 334 g/mol. The average Bonchev–Trinajstić information content (AvgIpc) is 2.55. The van der Waals surface area contributed by atoms with E-state index in [1.165, 1.54) is 5.56 Å². The molecule has 0 atom stereocenters. The normalized spacial score (nSPS) is 11.2. The van der Waals surface area contributed by atoms with Crippen molar-refractivity contribution in [1.82, 2.24) is 10.2 Å². The summed E-state index contributed by atoms with van der Waals surface area (Å²) in [6.45, 7) is 4.05. The molecule has 1 aromatic carbocycles. The molecule has 0 unspecified atom stereocenters. The Morgan fingerprint density at radius 1 is 0.957 bits per heavy atom. The van der Waals surface area contributed by atoms with Crippen LogP contribution in [0, 0.1) is 0 Å². The van der Waals surface area contributed by atoms with E-state index in [0.29, 0.717) is 12.2 Å². The maximum atomic E-state index is 11.8. The molecular formula is C16H22N4O2S. The smallest absolute Gasteiger partial charge is 0.233 e. The molecule has 0 amide bonds. The zero-order valence-corrected chi connectivity index (χ0v) is 14.2. The van der Waals surface area contributed by atoms with E-state index < -0.39 is 10.0 Å². The third-order valence-corrected chi connectivity index (χ3v) is 4.67. The van der Waals surface area contributed by atoms with Crippen LogP contribution in [0.3, 0.4) is 0 Å². The Morgan fingerprint density at radius 3 is 2.17 bits per heavy atom. The van der Waals surface area contributed by atoms with Gasteiger partial charge in [0, 0.05) is 5.69 Å². The lowest BCUT2D eigenvalue weighted by molar-refractivity contribution is 0.597. The van der Waals surface area contributed by atoms with E-state index >= 15 is 0 Å². The minimum absolute atomic E-state index is 0.0922. The lowest BCUT2D eigenvalue weighted by Gasteiger charge is -2.08. The third-order valence-electron chi connectivity index (χ3n) is 3.33. The molecule has 0 saturated carbocycles. The van der Waals surface area contributed by atoms with E-state index in [2.05, 4.69) is 27.2 Å². The number of anilines is 3. The largest absolute Gasteiger partial charge is 0.339 e. The van der Waals surface area contributed by atoms with Crippen molar-refractivity contribution in [2.45, 2.75) is 33.1 Å². The zero-order valence-electron chi connectivity index (χ0n) is 13.4. The van der Waals surface area contributed by atoms with Gasteiger partial charge in [0.25, 0.3) is 0 Å². The first-order chi connectivity index (χ1) is 11.0. The summed E-state index contributed by atoms with van der Waals surface area (Å²) in [5, 5.41) is 11.0. The van der Waals surface area contributed by atoms with Crippen LogP contribution in [0.5, 0.6) is 0 Å². The highest BCUT2D eigenvalue weighted by atomic mass is 32.2. The second-order valence-corrected chi connectivity index (χ2v) is 7.10. The van der Waals surface area contributed by atoms with Crippen molar-refractivity contribution in [3.05, 3.63) is 42.0 Å². The van der Waals surface area contributed by atoms with Crippen molar-refractivity contribution in [3.63, 3.8) is 0 Å². The first kappa shape index (κ1) is 17.2. The molecule has 0 aliphatic heterocycles. The monoisotopic (exact) mass is 334 g/mol. The Balaban J connectivity index is 1.98. The number of sulfonamides is 1. The fraction of sp³-hybridized carbons (Fsp3) is 0.375. The predicted molar refractivity (Wildman–Crippen MR) is 93.5 cm³/mol. The van der Waals surface area contributed by atoms with Crippen molar-refractivity contribution in [1.29, 1.82) is 0 Å². The summed E-state index contributed by atoms with van der Waals surface area (Å²) >= 11 is 0. The SMILES string of the molecule is CCCCS(=O)(=O)Nc1ccc(Nc2ccc(CC)cc2)nn1. The van der Waals surface area contributed by atoms with Gasteiger partial charge in [0.1, 0.15) is 0 Å². The number of aryl methyl sites for hydroxylation is 1. The highest BCUT2D eigenvalue weighted by Gasteiger charge is 2.10. The molecule has 7 heteroatoms. The summed E-state index contributed by atoms with van der Waals surface area (Å²) in [4.78, 5) is 0. The Morgan fingerprint density at radius 2 is 1.61 bits per heavy atom. The van der Waals surface area contributed by atoms with E-state index in [9.17, 15) is 8.42 Å². The Bertz CT molecular complexity index is 713. The van der Waals surface area contributed by atoms with Crippen LogP contribution in [-0.4, -0.2) is 24.4 Å². The number of aromatic nitrogens is 2. The molecule has 0 aliphatic rings. The van der Waals surface area contributed by atoms with Gasteiger partial charge in [-0.2, -0.15) is 0 Å². The molecule has 124 valence electrons. The molecule has 6 nitrogen and oxygen atoms in total. The van der Waals surface area contributed by atoms with E-state index in [1.807, 2.05) is 31.2 Å². The molecule has 0 radical (unpaired) electrons. The molecule has 2 aromatic rings. The van der Waals surface area contributed by atoms with Crippen LogP contribution in [0.25, 0.3) is 0 Å². The molecule has 0 bridgehead atoms. The van der Waals surface area contributed by atoms with Crippen molar-refractivity contribution >= 4 is 27.3 Å². The van der Waals surface area contributed by atoms with Gasteiger partial charge in [-0.3, -0.25) is 4.72 Å². The van der Waals surface area contributed by atoms with Crippen LogP contribution < -0.4 is 10.0 Å². The van der Waals surface area contributed by atoms with Crippen molar-refractivity contribution in [2.24, 2.45) is 0 Å². The number of nitrogens with zero attached hydrogens (tertiary/aromatic N) is 2. The number of hydrogen-bond donors (Lipinski definition) is 2. The molecule has 23 heavy (non-hydrogen) atoms. The van der Waals surface area contributed by atoms with Gasteiger partial charge in [-0.05, 0) is 42.7 Å². The third kappa shape index (κ3) is 5.52. The topological polar surface area (TPSA) is 84.0 Å². The summed E-state index contributed by atoms with van der Waals surface area (Å²) in [6.07, 6.45) is 2.44. The van der Waals surface area contributed by atoms with E-state index in [4.69, 9.17) is 0 Å². The molecule has 2 rings (SSSR count).